The molecule has 7 heteroatoms. The topological polar surface area (TPSA) is 71.1 Å². The van der Waals surface area contributed by atoms with E-state index in [0.717, 1.165) is 46.0 Å². The number of carbonyl (C=O) groups is 2. The van der Waals surface area contributed by atoms with Crippen molar-refractivity contribution in [1.29, 1.82) is 0 Å². The van der Waals surface area contributed by atoms with Crippen LogP contribution in [0, 0.1) is 11.8 Å². The van der Waals surface area contributed by atoms with Crippen LogP contribution in [0.25, 0.3) is 0 Å². The molecule has 0 amide bonds. The van der Waals surface area contributed by atoms with E-state index < -0.39 is 59.4 Å². The fourth-order valence-electron chi connectivity index (χ4n) is 9.59. The van der Waals surface area contributed by atoms with E-state index in [1.165, 1.54) is 32.6 Å². The molecular formula is C50H64O6Sn. The number of benzene rings is 4. The summed E-state index contributed by atoms with van der Waals surface area (Å²) in [6.07, 6.45) is 5.38. The van der Waals surface area contributed by atoms with E-state index in [2.05, 4.69) is 20.8 Å². The molecule has 2 fully saturated rings. The third-order valence-corrected chi connectivity index (χ3v) is 28.5. The number of unbranched alkanes of at least 4 members (excludes halogenated alkanes) is 3. The van der Waals surface area contributed by atoms with E-state index in [1.807, 2.05) is 142 Å². The van der Waals surface area contributed by atoms with Gasteiger partial charge >= 0.3 is 348 Å². The van der Waals surface area contributed by atoms with E-state index in [0.29, 0.717) is 6.42 Å². The summed E-state index contributed by atoms with van der Waals surface area (Å²) in [6.45, 7) is 12.5. The van der Waals surface area contributed by atoms with E-state index in [-0.39, 0.29) is 11.9 Å². The maximum absolute atomic E-state index is 15.7. The average molecular weight is 880 g/mol. The Labute approximate surface area is 345 Å². The molecule has 0 spiro atoms. The van der Waals surface area contributed by atoms with Gasteiger partial charge in [0.05, 0.1) is 0 Å². The molecule has 2 saturated heterocycles. The van der Waals surface area contributed by atoms with Crippen LogP contribution in [0.1, 0.15) is 109 Å². The van der Waals surface area contributed by atoms with Crippen molar-refractivity contribution in [3.63, 3.8) is 0 Å². The molecule has 0 radical (unpaired) electrons. The van der Waals surface area contributed by atoms with Crippen molar-refractivity contribution in [3.8, 4) is 0 Å². The second-order valence-electron chi connectivity index (χ2n) is 17.1. The van der Waals surface area contributed by atoms with Crippen LogP contribution >= 0.6 is 0 Å². The zero-order chi connectivity index (χ0) is 40.5. The van der Waals surface area contributed by atoms with Gasteiger partial charge in [0.1, 0.15) is 0 Å². The molecule has 0 N–H and O–H groups in total. The predicted octanol–water partition coefficient (Wildman–Crippen LogP) is 12.0. The number of esters is 2. The van der Waals surface area contributed by atoms with E-state index in [1.54, 1.807) is 0 Å². The second-order valence-corrected chi connectivity index (χ2v) is 31.1. The summed E-state index contributed by atoms with van der Waals surface area (Å²) in [5, 5.41) is 0. The van der Waals surface area contributed by atoms with Crippen LogP contribution in [0.3, 0.4) is 0 Å². The number of fused-ring (bicyclic) bond motifs is 1. The fourth-order valence-corrected chi connectivity index (χ4v) is 26.9. The Kier molecular flexibility index (Phi) is 14.4. The molecule has 0 saturated carbocycles. The van der Waals surface area contributed by atoms with Gasteiger partial charge in [0.2, 0.25) is 0 Å². The van der Waals surface area contributed by atoms with Crippen LogP contribution in [0.2, 0.25) is 17.7 Å². The molecule has 0 bridgehead atoms. The van der Waals surface area contributed by atoms with Crippen LogP contribution in [0.4, 0.5) is 0 Å². The number of carbonyl (C=O) groups excluding carboxylic acids is 2. The van der Waals surface area contributed by atoms with Crippen LogP contribution in [0.15, 0.2) is 121 Å². The molecule has 4 aromatic carbocycles. The number of ether oxygens (including phenoxy) is 4. The number of hydrogen-bond donors (Lipinski definition) is 0. The first kappa shape index (κ1) is 43.1. The van der Waals surface area contributed by atoms with Gasteiger partial charge in [-0.25, -0.2) is 0 Å². The molecule has 6 nitrogen and oxygen atoms in total. The van der Waals surface area contributed by atoms with Crippen molar-refractivity contribution in [2.75, 3.05) is 0 Å². The molecule has 0 aromatic heterocycles. The van der Waals surface area contributed by atoms with Gasteiger partial charge in [-0.2, -0.15) is 0 Å². The molecule has 2 aliphatic heterocycles. The molecule has 2 aliphatic rings. The molecule has 0 aliphatic carbocycles. The van der Waals surface area contributed by atoms with Crippen LogP contribution in [-0.2, 0) is 39.7 Å². The normalized spacial score (nSPS) is 23.1. The third-order valence-electron chi connectivity index (χ3n) is 12.5. The second kappa shape index (κ2) is 19.1. The summed E-state index contributed by atoms with van der Waals surface area (Å²) >= 11 is -3.02. The SMILES string of the molecule is CCC[CH2][Sn]([CH2]CCC)([CH2]CCC)[CH2]C1CC(C)C(=O)OC(c2ccccc2)(c2ccccc2)[C@@H]2OC(C)(C)O[C@H]2C(c2ccccc2)(c2ccccc2)OC1=O. The minimum absolute atomic E-state index is 0.271. The molecule has 6 rings (SSSR count). The van der Waals surface area contributed by atoms with Gasteiger partial charge < -0.3 is 0 Å². The van der Waals surface area contributed by atoms with Crippen LogP contribution < -0.4 is 0 Å². The maximum atomic E-state index is 15.7. The van der Waals surface area contributed by atoms with Crippen LogP contribution in [0.5, 0.6) is 0 Å². The summed E-state index contributed by atoms with van der Waals surface area (Å²) in [4.78, 5) is 30.7. The zero-order valence-corrected chi connectivity index (χ0v) is 37.9. The summed E-state index contributed by atoms with van der Waals surface area (Å²) in [6, 6.07) is 39.7. The quantitative estimate of drug-likeness (QED) is 0.0875. The zero-order valence-electron chi connectivity index (χ0n) is 35.1. The first-order valence-electron chi connectivity index (χ1n) is 21.6. The molecule has 304 valence electrons. The Hall–Kier alpha value is -3.46. The number of cyclic esters (lactones) is 2. The predicted molar refractivity (Wildman–Crippen MR) is 230 cm³/mol. The van der Waals surface area contributed by atoms with Crippen molar-refractivity contribution in [2.45, 2.75) is 133 Å². The molecule has 4 aromatic rings. The van der Waals surface area contributed by atoms with Crippen molar-refractivity contribution < 1.29 is 28.5 Å². The Morgan fingerprint density at radius 3 is 1.21 bits per heavy atom. The van der Waals surface area contributed by atoms with Gasteiger partial charge in [0, 0.05) is 0 Å². The Bertz CT molecular complexity index is 1760. The summed E-state index contributed by atoms with van der Waals surface area (Å²) < 4.78 is 33.4. The van der Waals surface area contributed by atoms with Crippen LogP contribution in [-0.4, -0.2) is 48.3 Å². The van der Waals surface area contributed by atoms with Crippen molar-refractivity contribution in [2.24, 2.45) is 11.8 Å². The molecule has 2 heterocycles. The monoisotopic (exact) mass is 880 g/mol. The Balaban J connectivity index is 1.66. The molecule has 4 atom stereocenters. The number of hydrogen-bond acceptors (Lipinski definition) is 6. The minimum atomic E-state index is -3.02. The fraction of sp³-hybridized carbons (Fsp3) is 0.480. The number of rotatable bonds is 15. The van der Waals surface area contributed by atoms with Gasteiger partial charge in [-0.3, -0.25) is 0 Å². The van der Waals surface area contributed by atoms with Crippen molar-refractivity contribution in [1.82, 2.24) is 0 Å². The van der Waals surface area contributed by atoms with E-state index in [4.69, 9.17) is 18.9 Å². The van der Waals surface area contributed by atoms with Crippen molar-refractivity contribution >= 4 is 30.3 Å². The van der Waals surface area contributed by atoms with Gasteiger partial charge in [-0.05, 0) is 0 Å². The summed E-state index contributed by atoms with van der Waals surface area (Å²) in [5.74, 6) is -2.85. The molecule has 57 heavy (non-hydrogen) atoms. The Morgan fingerprint density at radius 1 is 0.544 bits per heavy atom. The van der Waals surface area contributed by atoms with Gasteiger partial charge in [-0.1, -0.05) is 0 Å². The Morgan fingerprint density at radius 2 is 0.877 bits per heavy atom. The van der Waals surface area contributed by atoms with Gasteiger partial charge in [0.15, 0.2) is 0 Å². The van der Waals surface area contributed by atoms with Crippen molar-refractivity contribution in [3.05, 3.63) is 144 Å². The summed E-state index contributed by atoms with van der Waals surface area (Å²) in [7, 11) is 0. The van der Waals surface area contributed by atoms with Gasteiger partial charge in [0.25, 0.3) is 0 Å². The first-order chi connectivity index (χ1) is 27.5. The molecule has 2 unspecified atom stereocenters. The van der Waals surface area contributed by atoms with E-state index >= 15 is 9.59 Å². The summed E-state index contributed by atoms with van der Waals surface area (Å²) in [5.41, 5.74) is 0.0642. The van der Waals surface area contributed by atoms with Gasteiger partial charge in [-0.15, -0.1) is 0 Å². The molecular weight excluding hydrogens is 815 g/mol. The standard InChI is InChI=1S/C38H37O6.3C4H9.Sn/c1-26-25-27(2)35(40)44-38(30-21-13-7-14-22-30,31-23-15-8-16-24-31)33-32(41-36(3,4)42-33)37(43-34(26)39,28-17-9-5-10-18-28)29-19-11-6-12-20-29;3*1-3-4-2;/h5-24,26-27,32-33H,1,25H2,2-4H3;3*1,3-4H2,2H3;/t26?,27?,32-,33-;;;;/m1..../s1. The third kappa shape index (κ3) is 9.24. The first-order valence-corrected chi connectivity index (χ1v) is 29.6. The average Bonchev–Trinajstić information content (AvgIpc) is 3.57. The van der Waals surface area contributed by atoms with E-state index in [9.17, 15) is 0 Å².